The predicted molar refractivity (Wildman–Crippen MR) is 43.0 cm³/mol. The quantitative estimate of drug-likeness (QED) is 0.499. The molecule has 0 radical (unpaired) electrons. The lowest BCUT2D eigenvalue weighted by Crippen LogP contribution is -2.10. The van der Waals surface area contributed by atoms with Crippen molar-refractivity contribution < 1.29 is 4.74 Å². The Kier molecular flexibility index (Phi) is 2.69. The van der Waals surface area contributed by atoms with E-state index in [1.54, 1.807) is 0 Å². The van der Waals surface area contributed by atoms with Gasteiger partial charge in [-0.3, -0.25) is 0 Å². The van der Waals surface area contributed by atoms with Crippen molar-refractivity contribution in [1.29, 1.82) is 0 Å². The molecule has 0 aliphatic carbocycles. The number of hydrogen-bond donors (Lipinski definition) is 0. The van der Waals surface area contributed by atoms with Gasteiger partial charge in [0.05, 0.1) is 13.2 Å². The Bertz CT molecular complexity index is 146. The minimum Gasteiger partial charge on any atom is -0.376 e. The first-order chi connectivity index (χ1) is 4.88. The van der Waals surface area contributed by atoms with Crippen LogP contribution in [0.4, 0.5) is 0 Å². The van der Waals surface area contributed by atoms with Gasteiger partial charge in [-0.1, -0.05) is 12.2 Å². The molecule has 56 valence electrons. The first kappa shape index (κ1) is 7.55. The van der Waals surface area contributed by atoms with Gasteiger partial charge < -0.3 is 4.74 Å². The van der Waals surface area contributed by atoms with Crippen LogP contribution in [0, 0.1) is 0 Å². The molecule has 10 heavy (non-hydrogen) atoms. The highest BCUT2D eigenvalue weighted by Crippen LogP contribution is 2.18. The first-order valence-corrected chi connectivity index (χ1v) is 3.77. The van der Waals surface area contributed by atoms with Crippen molar-refractivity contribution in [2.75, 3.05) is 13.2 Å². The van der Waals surface area contributed by atoms with Crippen LogP contribution < -0.4 is 0 Å². The Morgan fingerprint density at radius 2 is 1.90 bits per heavy atom. The van der Waals surface area contributed by atoms with Gasteiger partial charge in [0.15, 0.2) is 0 Å². The van der Waals surface area contributed by atoms with E-state index >= 15 is 0 Å². The molecule has 0 aromatic carbocycles. The molecule has 1 aliphatic heterocycles. The molecule has 0 amide bonds. The van der Waals surface area contributed by atoms with Crippen LogP contribution in [0.2, 0.25) is 0 Å². The topological polar surface area (TPSA) is 9.23 Å². The zero-order chi connectivity index (χ0) is 7.40. The van der Waals surface area contributed by atoms with Crippen LogP contribution in [-0.4, -0.2) is 13.2 Å². The maximum absolute atomic E-state index is 5.30. The van der Waals surface area contributed by atoms with E-state index in [0.29, 0.717) is 0 Å². The zero-order valence-corrected chi connectivity index (χ0v) is 6.68. The fourth-order valence-electron chi connectivity index (χ4n) is 1.22. The lowest BCUT2D eigenvalue weighted by Gasteiger charge is -2.17. The molecule has 1 nitrogen and oxygen atoms in total. The van der Waals surface area contributed by atoms with Gasteiger partial charge in [0.2, 0.25) is 0 Å². The Morgan fingerprint density at radius 1 is 1.20 bits per heavy atom. The SMILES string of the molecule is C/C=C1/CCOC/C1=C/C. The van der Waals surface area contributed by atoms with Crippen molar-refractivity contribution in [2.45, 2.75) is 20.3 Å². The monoisotopic (exact) mass is 138 g/mol. The van der Waals surface area contributed by atoms with E-state index in [9.17, 15) is 0 Å². The van der Waals surface area contributed by atoms with Crippen molar-refractivity contribution in [3.63, 3.8) is 0 Å². The highest BCUT2D eigenvalue weighted by Gasteiger charge is 2.08. The van der Waals surface area contributed by atoms with Gasteiger partial charge in [0.1, 0.15) is 0 Å². The van der Waals surface area contributed by atoms with Crippen LogP contribution in [0.5, 0.6) is 0 Å². The molecule has 0 atom stereocenters. The molecule has 0 bridgehead atoms. The average Bonchev–Trinajstić information content (AvgIpc) is 2.04. The number of allylic oxidation sites excluding steroid dienone is 2. The van der Waals surface area contributed by atoms with Gasteiger partial charge in [0.25, 0.3) is 0 Å². The van der Waals surface area contributed by atoms with E-state index in [1.165, 1.54) is 11.1 Å². The summed E-state index contributed by atoms with van der Waals surface area (Å²) in [4.78, 5) is 0. The first-order valence-electron chi connectivity index (χ1n) is 3.77. The van der Waals surface area contributed by atoms with Crippen molar-refractivity contribution in [2.24, 2.45) is 0 Å². The molecule has 1 rings (SSSR count). The van der Waals surface area contributed by atoms with E-state index in [4.69, 9.17) is 4.74 Å². The molecule has 1 saturated heterocycles. The summed E-state index contributed by atoms with van der Waals surface area (Å²) in [5, 5.41) is 0. The molecule has 1 heterocycles. The maximum Gasteiger partial charge on any atom is 0.0716 e. The minimum atomic E-state index is 0.802. The summed E-state index contributed by atoms with van der Waals surface area (Å²) in [6.07, 6.45) is 5.39. The highest BCUT2D eigenvalue weighted by molar-refractivity contribution is 5.31. The van der Waals surface area contributed by atoms with E-state index in [2.05, 4.69) is 26.0 Å². The Balaban J connectivity index is 2.69. The molecule has 0 aromatic heterocycles. The third-order valence-corrected chi connectivity index (χ3v) is 1.88. The smallest absolute Gasteiger partial charge is 0.0716 e. The minimum absolute atomic E-state index is 0.802. The third kappa shape index (κ3) is 1.48. The fourth-order valence-corrected chi connectivity index (χ4v) is 1.22. The van der Waals surface area contributed by atoms with Crippen LogP contribution in [0.1, 0.15) is 20.3 Å². The second-order valence-corrected chi connectivity index (χ2v) is 2.43. The highest BCUT2D eigenvalue weighted by atomic mass is 16.5. The van der Waals surface area contributed by atoms with Crippen LogP contribution in [-0.2, 0) is 4.74 Å². The van der Waals surface area contributed by atoms with E-state index in [1.807, 2.05) is 0 Å². The zero-order valence-electron chi connectivity index (χ0n) is 6.68. The second kappa shape index (κ2) is 3.57. The van der Waals surface area contributed by atoms with E-state index in [0.717, 1.165) is 19.6 Å². The summed E-state index contributed by atoms with van der Waals surface area (Å²) in [5.41, 5.74) is 2.81. The summed E-state index contributed by atoms with van der Waals surface area (Å²) in [6.45, 7) is 5.84. The van der Waals surface area contributed by atoms with E-state index in [-0.39, 0.29) is 0 Å². The normalized spacial score (nSPS) is 27.8. The van der Waals surface area contributed by atoms with Crippen molar-refractivity contribution in [3.8, 4) is 0 Å². The van der Waals surface area contributed by atoms with Crippen LogP contribution in [0.3, 0.4) is 0 Å². The molecular weight excluding hydrogens is 124 g/mol. The van der Waals surface area contributed by atoms with Gasteiger partial charge in [0, 0.05) is 0 Å². The molecule has 0 saturated carbocycles. The van der Waals surface area contributed by atoms with Gasteiger partial charge in [-0.2, -0.15) is 0 Å². The molecular formula is C9H14O. The summed E-state index contributed by atoms with van der Waals surface area (Å²) in [6, 6.07) is 0. The number of rotatable bonds is 0. The molecule has 0 aromatic rings. The number of hydrogen-bond acceptors (Lipinski definition) is 1. The summed E-state index contributed by atoms with van der Waals surface area (Å²) >= 11 is 0. The van der Waals surface area contributed by atoms with Gasteiger partial charge in [-0.05, 0) is 31.4 Å². The largest absolute Gasteiger partial charge is 0.376 e. The third-order valence-electron chi connectivity index (χ3n) is 1.88. The molecule has 1 aliphatic rings. The average molecular weight is 138 g/mol. The molecule has 0 spiro atoms. The summed E-state index contributed by atoms with van der Waals surface area (Å²) in [7, 11) is 0. The second-order valence-electron chi connectivity index (χ2n) is 2.43. The predicted octanol–water partition coefficient (Wildman–Crippen LogP) is 2.30. The Labute approximate surface area is 62.4 Å². The van der Waals surface area contributed by atoms with Gasteiger partial charge in [-0.15, -0.1) is 0 Å². The molecule has 1 fully saturated rings. The Hall–Kier alpha value is -0.560. The molecule has 0 N–H and O–H groups in total. The Morgan fingerprint density at radius 3 is 2.40 bits per heavy atom. The van der Waals surface area contributed by atoms with E-state index < -0.39 is 0 Å². The summed E-state index contributed by atoms with van der Waals surface area (Å²) < 4.78 is 5.30. The fraction of sp³-hybridized carbons (Fsp3) is 0.556. The van der Waals surface area contributed by atoms with Crippen LogP contribution in [0.25, 0.3) is 0 Å². The van der Waals surface area contributed by atoms with Crippen molar-refractivity contribution in [1.82, 2.24) is 0 Å². The maximum atomic E-state index is 5.30. The van der Waals surface area contributed by atoms with Gasteiger partial charge in [-0.25, -0.2) is 0 Å². The standard InChI is InChI=1S/C9H14O/c1-3-8-5-6-10-7-9(8)4-2/h3-4H,5-7H2,1-2H3/b8-3-,9-4-. The van der Waals surface area contributed by atoms with Gasteiger partial charge >= 0.3 is 0 Å². The van der Waals surface area contributed by atoms with Crippen LogP contribution >= 0.6 is 0 Å². The van der Waals surface area contributed by atoms with Crippen LogP contribution in [0.15, 0.2) is 23.3 Å². The lowest BCUT2D eigenvalue weighted by atomic mass is 10.0. The number of ether oxygens (including phenoxy) is 1. The summed E-state index contributed by atoms with van der Waals surface area (Å²) in [5.74, 6) is 0. The lowest BCUT2D eigenvalue weighted by molar-refractivity contribution is 0.145. The van der Waals surface area contributed by atoms with Crippen molar-refractivity contribution >= 4 is 0 Å². The molecule has 0 unspecified atom stereocenters. The molecule has 1 heteroatoms. The van der Waals surface area contributed by atoms with Crippen molar-refractivity contribution in [3.05, 3.63) is 23.3 Å².